The van der Waals surface area contributed by atoms with E-state index in [9.17, 15) is 4.79 Å². The lowest BCUT2D eigenvalue weighted by atomic mass is 10.2. The van der Waals surface area contributed by atoms with E-state index in [1.165, 1.54) is 7.11 Å². The van der Waals surface area contributed by atoms with Gasteiger partial charge in [-0.25, -0.2) is 9.78 Å². The van der Waals surface area contributed by atoms with Crippen LogP contribution in [0.15, 0.2) is 18.3 Å². The fraction of sp³-hybridized carbons (Fsp3) is 0.571. The molecule has 1 saturated heterocycles. The van der Waals surface area contributed by atoms with Crippen molar-refractivity contribution in [2.45, 2.75) is 25.8 Å². The van der Waals surface area contributed by atoms with Gasteiger partial charge in [-0.2, -0.15) is 0 Å². The third-order valence-electron chi connectivity index (χ3n) is 3.40. The Hall–Kier alpha value is -1.62. The quantitative estimate of drug-likeness (QED) is 0.815. The topological polar surface area (TPSA) is 54.5 Å². The van der Waals surface area contributed by atoms with Crippen LogP contribution in [0, 0.1) is 0 Å². The largest absolute Gasteiger partial charge is 0.465 e. The Balaban J connectivity index is 2.22. The average Bonchev–Trinajstić information content (AvgIpc) is 2.98. The summed E-state index contributed by atoms with van der Waals surface area (Å²) in [5.41, 5.74) is 0.555. The lowest BCUT2D eigenvalue weighted by molar-refractivity contribution is 0.0600. The Kier molecular flexibility index (Phi) is 4.74. The monoisotopic (exact) mass is 263 g/mol. The molecule has 1 fully saturated rings. The molecule has 1 atom stereocenters. The van der Waals surface area contributed by atoms with Crippen LogP contribution in [-0.4, -0.2) is 43.7 Å². The molecule has 1 aliphatic heterocycles. The molecule has 1 N–H and O–H groups in total. The molecular weight excluding hydrogens is 242 g/mol. The van der Waals surface area contributed by atoms with Gasteiger partial charge in [0, 0.05) is 25.3 Å². The van der Waals surface area contributed by atoms with Crippen molar-refractivity contribution < 1.29 is 9.53 Å². The highest BCUT2D eigenvalue weighted by atomic mass is 16.5. The molecule has 0 aromatic carbocycles. The molecule has 1 aliphatic rings. The van der Waals surface area contributed by atoms with Gasteiger partial charge in [0.2, 0.25) is 0 Å². The first-order valence-electron chi connectivity index (χ1n) is 6.78. The number of methoxy groups -OCH3 is 1. The number of pyridine rings is 1. The second-order valence-corrected chi connectivity index (χ2v) is 4.73. The Morgan fingerprint density at radius 1 is 1.63 bits per heavy atom. The van der Waals surface area contributed by atoms with E-state index >= 15 is 0 Å². The van der Waals surface area contributed by atoms with Crippen molar-refractivity contribution >= 4 is 11.8 Å². The van der Waals surface area contributed by atoms with Crippen LogP contribution < -0.4 is 10.2 Å². The number of ether oxygens (including phenoxy) is 1. The van der Waals surface area contributed by atoms with Crippen molar-refractivity contribution in [2.75, 3.05) is 31.6 Å². The van der Waals surface area contributed by atoms with E-state index in [4.69, 9.17) is 4.74 Å². The molecule has 2 heterocycles. The Bertz CT molecular complexity index is 430. The first-order valence-corrected chi connectivity index (χ1v) is 6.78. The van der Waals surface area contributed by atoms with Crippen molar-refractivity contribution in [3.05, 3.63) is 23.9 Å². The van der Waals surface area contributed by atoms with Gasteiger partial charge in [0.15, 0.2) is 0 Å². The van der Waals surface area contributed by atoms with Gasteiger partial charge in [-0.05, 0) is 31.5 Å². The maximum absolute atomic E-state index is 11.6. The van der Waals surface area contributed by atoms with E-state index in [2.05, 4.69) is 22.1 Å². The lowest BCUT2D eigenvalue weighted by Crippen LogP contribution is -2.38. The fourth-order valence-corrected chi connectivity index (χ4v) is 2.45. The minimum absolute atomic E-state index is 0.315. The number of carbonyl (C=O) groups excluding carboxylic acids is 1. The van der Waals surface area contributed by atoms with Crippen LogP contribution in [0.25, 0.3) is 0 Å². The van der Waals surface area contributed by atoms with Gasteiger partial charge in [0.1, 0.15) is 5.82 Å². The molecule has 1 unspecified atom stereocenters. The summed E-state index contributed by atoms with van der Waals surface area (Å²) in [6.45, 7) is 5.12. The van der Waals surface area contributed by atoms with Gasteiger partial charge in [0.25, 0.3) is 0 Å². The summed E-state index contributed by atoms with van der Waals surface area (Å²) in [6.07, 6.45) is 3.84. The molecule has 5 heteroatoms. The van der Waals surface area contributed by atoms with Crippen LogP contribution in [0.3, 0.4) is 0 Å². The molecule has 104 valence electrons. The van der Waals surface area contributed by atoms with E-state index in [0.717, 1.165) is 38.3 Å². The highest BCUT2D eigenvalue weighted by molar-refractivity contribution is 5.90. The number of nitrogens with one attached hydrogen (secondary N) is 1. The van der Waals surface area contributed by atoms with Crippen molar-refractivity contribution in [1.82, 2.24) is 10.3 Å². The van der Waals surface area contributed by atoms with Crippen LogP contribution >= 0.6 is 0 Å². The van der Waals surface area contributed by atoms with E-state index in [1.54, 1.807) is 12.3 Å². The smallest absolute Gasteiger partial charge is 0.338 e. The van der Waals surface area contributed by atoms with Gasteiger partial charge in [0.05, 0.1) is 12.7 Å². The molecular formula is C14H21N3O2. The van der Waals surface area contributed by atoms with Gasteiger partial charge in [-0.1, -0.05) is 6.92 Å². The van der Waals surface area contributed by atoms with Gasteiger partial charge in [-0.3, -0.25) is 0 Å². The van der Waals surface area contributed by atoms with Crippen LogP contribution in [0.2, 0.25) is 0 Å². The number of hydrogen-bond donors (Lipinski definition) is 1. The van der Waals surface area contributed by atoms with Crippen molar-refractivity contribution in [3.8, 4) is 0 Å². The highest BCUT2D eigenvalue weighted by Gasteiger charge is 2.23. The minimum Gasteiger partial charge on any atom is -0.465 e. The van der Waals surface area contributed by atoms with E-state index in [1.807, 2.05) is 6.07 Å². The van der Waals surface area contributed by atoms with Crippen LogP contribution in [0.5, 0.6) is 0 Å². The fourth-order valence-electron chi connectivity index (χ4n) is 2.45. The normalized spacial score (nSPS) is 18.3. The molecule has 5 nitrogen and oxygen atoms in total. The predicted octanol–water partition coefficient (Wildman–Crippen LogP) is 1.45. The van der Waals surface area contributed by atoms with Crippen molar-refractivity contribution in [2.24, 2.45) is 0 Å². The first-order chi connectivity index (χ1) is 9.26. The molecule has 2 rings (SSSR count). The Morgan fingerprint density at radius 2 is 2.47 bits per heavy atom. The molecule has 0 bridgehead atoms. The number of esters is 1. The number of hydrogen-bond acceptors (Lipinski definition) is 5. The summed E-state index contributed by atoms with van der Waals surface area (Å²) in [5, 5.41) is 3.37. The molecule has 19 heavy (non-hydrogen) atoms. The summed E-state index contributed by atoms with van der Waals surface area (Å²) in [6, 6.07) is 3.96. The number of rotatable bonds is 5. The third kappa shape index (κ3) is 3.23. The van der Waals surface area contributed by atoms with Gasteiger partial charge >= 0.3 is 5.97 Å². The minimum atomic E-state index is -0.315. The number of anilines is 1. The van der Waals surface area contributed by atoms with Crippen molar-refractivity contribution in [1.29, 1.82) is 0 Å². The first kappa shape index (κ1) is 13.8. The Labute approximate surface area is 114 Å². The molecule has 1 aromatic rings. The second-order valence-electron chi connectivity index (χ2n) is 4.73. The summed E-state index contributed by atoms with van der Waals surface area (Å²) >= 11 is 0. The van der Waals surface area contributed by atoms with E-state index in [0.29, 0.717) is 11.6 Å². The molecule has 0 amide bonds. The zero-order valence-corrected chi connectivity index (χ0v) is 11.6. The molecule has 0 radical (unpaired) electrons. The number of aromatic nitrogens is 1. The zero-order valence-electron chi connectivity index (χ0n) is 11.6. The van der Waals surface area contributed by atoms with Crippen molar-refractivity contribution in [3.63, 3.8) is 0 Å². The van der Waals surface area contributed by atoms with Crippen LogP contribution in [0.4, 0.5) is 5.82 Å². The van der Waals surface area contributed by atoms with E-state index < -0.39 is 0 Å². The highest BCUT2D eigenvalue weighted by Crippen LogP contribution is 2.19. The van der Waals surface area contributed by atoms with Crippen LogP contribution in [-0.2, 0) is 4.74 Å². The van der Waals surface area contributed by atoms with Gasteiger partial charge < -0.3 is 15.0 Å². The van der Waals surface area contributed by atoms with Crippen LogP contribution in [0.1, 0.15) is 30.1 Å². The summed E-state index contributed by atoms with van der Waals surface area (Å²) < 4.78 is 4.76. The van der Waals surface area contributed by atoms with Gasteiger partial charge in [-0.15, -0.1) is 0 Å². The molecule has 0 saturated carbocycles. The second kappa shape index (κ2) is 6.52. The Morgan fingerprint density at radius 3 is 3.11 bits per heavy atom. The number of nitrogens with zero attached hydrogens (tertiary/aromatic N) is 2. The summed E-state index contributed by atoms with van der Waals surface area (Å²) in [7, 11) is 1.40. The SMILES string of the molecule is CCCN(c1cc(C(=O)OC)ccn1)C1CCNC1. The number of carbonyl (C=O) groups is 1. The average molecular weight is 263 g/mol. The zero-order chi connectivity index (χ0) is 13.7. The predicted molar refractivity (Wildman–Crippen MR) is 74.5 cm³/mol. The third-order valence-corrected chi connectivity index (χ3v) is 3.40. The van der Waals surface area contributed by atoms with E-state index in [-0.39, 0.29) is 5.97 Å². The molecule has 0 spiro atoms. The summed E-state index contributed by atoms with van der Waals surface area (Å²) in [5.74, 6) is 0.545. The maximum atomic E-state index is 11.6. The standard InChI is InChI=1S/C14H21N3O2/c1-3-8-17(12-5-6-15-10-12)13-9-11(4-7-16-13)14(18)19-2/h4,7,9,12,15H,3,5-6,8,10H2,1-2H3. The maximum Gasteiger partial charge on any atom is 0.338 e. The summed E-state index contributed by atoms with van der Waals surface area (Å²) in [4.78, 5) is 18.3. The molecule has 1 aromatic heterocycles. The molecule has 0 aliphatic carbocycles. The lowest BCUT2D eigenvalue weighted by Gasteiger charge is -2.29.